The maximum Gasteiger partial charge on any atom is 0.416 e. The third kappa shape index (κ3) is 3.66. The number of likely N-dealkylation sites (tertiary alicyclic amines) is 1. The highest BCUT2D eigenvalue weighted by Gasteiger charge is 2.73. The fourth-order valence-electron chi connectivity index (χ4n) is 8.08. The molecule has 40 heavy (non-hydrogen) atoms. The van der Waals surface area contributed by atoms with Gasteiger partial charge in [0, 0.05) is 31.3 Å². The van der Waals surface area contributed by atoms with Gasteiger partial charge >= 0.3 is 6.18 Å². The molecule has 3 fully saturated rings. The van der Waals surface area contributed by atoms with Crippen molar-refractivity contribution in [1.29, 1.82) is 0 Å². The molecule has 2 aromatic carbocycles. The van der Waals surface area contributed by atoms with Crippen molar-refractivity contribution >= 4 is 12.0 Å². The van der Waals surface area contributed by atoms with E-state index in [1.807, 2.05) is 6.07 Å². The lowest BCUT2D eigenvalue weighted by molar-refractivity contribution is -0.200. The number of carbonyl (C=O) groups excluding carboxylic acids is 1. The normalized spacial score (nSPS) is 32.6. The van der Waals surface area contributed by atoms with E-state index in [1.165, 1.54) is 37.1 Å². The molecule has 2 N–H and O–H groups in total. The Morgan fingerprint density at radius 3 is 2.60 bits per heavy atom. The van der Waals surface area contributed by atoms with Crippen molar-refractivity contribution in [2.24, 2.45) is 5.92 Å². The van der Waals surface area contributed by atoms with Gasteiger partial charge in [-0.15, -0.1) is 0 Å². The second-order valence-corrected chi connectivity index (χ2v) is 12.3. The summed E-state index contributed by atoms with van der Waals surface area (Å²) in [6.45, 7) is 1.82. The number of halogens is 3. The monoisotopic (exact) mass is 554 g/mol. The van der Waals surface area contributed by atoms with E-state index in [9.17, 15) is 28.2 Å². The van der Waals surface area contributed by atoms with Gasteiger partial charge in [-0.1, -0.05) is 18.2 Å². The first kappa shape index (κ1) is 25.9. The first-order chi connectivity index (χ1) is 19.0. The lowest BCUT2D eigenvalue weighted by atomic mass is 9.48. The molecule has 9 heteroatoms. The Balaban J connectivity index is 1.19. The summed E-state index contributed by atoms with van der Waals surface area (Å²) in [6, 6.07) is 7.91. The van der Waals surface area contributed by atoms with Gasteiger partial charge in [-0.05, 0) is 86.4 Å². The number of benzene rings is 2. The Bertz CT molecular complexity index is 1390. The van der Waals surface area contributed by atoms with Crippen molar-refractivity contribution in [3.8, 4) is 11.5 Å². The van der Waals surface area contributed by atoms with Crippen molar-refractivity contribution in [1.82, 2.24) is 9.80 Å². The number of phenols is 1. The minimum absolute atomic E-state index is 0.0440. The fraction of sp³-hybridized carbons (Fsp3) is 0.516. The number of aliphatic hydroxyl groups is 1. The second kappa shape index (κ2) is 8.73. The quantitative estimate of drug-likeness (QED) is 0.532. The van der Waals surface area contributed by atoms with Crippen LogP contribution in [0.3, 0.4) is 0 Å². The molecule has 2 aliphatic heterocycles. The van der Waals surface area contributed by atoms with Crippen LogP contribution in [0.5, 0.6) is 11.5 Å². The van der Waals surface area contributed by atoms with Gasteiger partial charge in [0.1, 0.15) is 6.10 Å². The van der Waals surface area contributed by atoms with E-state index in [0.29, 0.717) is 42.9 Å². The Morgan fingerprint density at radius 2 is 1.90 bits per heavy atom. The lowest BCUT2D eigenvalue weighted by Crippen LogP contribution is -2.78. The molecule has 0 unspecified atom stereocenters. The summed E-state index contributed by atoms with van der Waals surface area (Å²) < 4.78 is 45.2. The number of carbonyl (C=O) groups is 1. The Hall–Kier alpha value is -3.04. The van der Waals surface area contributed by atoms with E-state index in [0.717, 1.165) is 36.3 Å². The van der Waals surface area contributed by atoms with Gasteiger partial charge in [0.25, 0.3) is 0 Å². The zero-order chi connectivity index (χ0) is 28.0. The van der Waals surface area contributed by atoms with Gasteiger partial charge in [0.05, 0.1) is 22.6 Å². The largest absolute Gasteiger partial charge is 0.504 e. The molecule has 0 aromatic heterocycles. The van der Waals surface area contributed by atoms with E-state index in [4.69, 9.17) is 4.74 Å². The average Bonchev–Trinajstić information content (AvgIpc) is 3.67. The zero-order valence-electron chi connectivity index (χ0n) is 22.3. The summed E-state index contributed by atoms with van der Waals surface area (Å²) in [6.07, 6.45) is 2.86. The number of nitrogens with zero attached hydrogens (tertiary/aromatic N) is 2. The molecule has 212 valence electrons. The molecule has 7 rings (SSSR count). The minimum atomic E-state index is -4.42. The molecule has 3 aliphatic carbocycles. The minimum Gasteiger partial charge on any atom is -0.504 e. The number of ether oxygens (including phenoxy) is 1. The molecular formula is C31H33F3N2O4. The van der Waals surface area contributed by atoms with E-state index in [1.54, 1.807) is 18.0 Å². The first-order valence-corrected chi connectivity index (χ1v) is 14.1. The number of amides is 1. The van der Waals surface area contributed by atoms with Crippen LogP contribution in [-0.4, -0.2) is 69.8 Å². The van der Waals surface area contributed by atoms with Crippen molar-refractivity contribution < 1.29 is 32.9 Å². The Labute approximate surface area is 231 Å². The second-order valence-electron chi connectivity index (χ2n) is 12.3. The molecule has 5 atom stereocenters. The molecule has 6 nitrogen and oxygen atoms in total. The standard InChI is InChI=1S/C31H33F3N2O4/c1-35(25(38)11-6-18-4-8-21(9-5-18)31(32,33)34)22-12-13-30(39)24-16-20-7-10-23(37)27-26(20)29(30,28(22)40-27)14-15-36(24)17-19-2-3-19/h4-11,19,22,24,28,37,39H,2-3,12-17H2,1H3/t22-,24+,28-,29-,30+/m0/s1. The molecule has 2 aromatic rings. The molecule has 2 saturated carbocycles. The SMILES string of the molecule is CN(C(=O)C=Cc1ccc(C(F)(F)F)cc1)[C@H]1CC[C@@]2(O)[C@H]3Cc4ccc(O)c5c4[C@@]2(CCN3CC2CC2)[C@H]1O5. The summed E-state index contributed by atoms with van der Waals surface area (Å²) >= 11 is 0. The predicted octanol–water partition coefficient (Wildman–Crippen LogP) is 4.52. The van der Waals surface area contributed by atoms with Crippen LogP contribution in [0.2, 0.25) is 0 Å². The van der Waals surface area contributed by atoms with Crippen LogP contribution in [0.1, 0.15) is 54.4 Å². The topological polar surface area (TPSA) is 73.2 Å². The van der Waals surface area contributed by atoms with Gasteiger partial charge in [-0.3, -0.25) is 9.69 Å². The Kier molecular flexibility index (Phi) is 5.65. The third-order valence-corrected chi connectivity index (χ3v) is 10.2. The van der Waals surface area contributed by atoms with E-state index >= 15 is 0 Å². The highest BCUT2D eigenvalue weighted by Crippen LogP contribution is 2.66. The molecule has 5 aliphatic rings. The predicted molar refractivity (Wildman–Crippen MR) is 142 cm³/mol. The van der Waals surface area contributed by atoms with E-state index in [-0.39, 0.29) is 23.7 Å². The molecule has 1 spiro atoms. The highest BCUT2D eigenvalue weighted by molar-refractivity contribution is 5.92. The summed E-state index contributed by atoms with van der Waals surface area (Å²) in [5.74, 6) is 0.887. The van der Waals surface area contributed by atoms with Gasteiger partial charge in [0.15, 0.2) is 11.5 Å². The summed E-state index contributed by atoms with van der Waals surface area (Å²) in [7, 11) is 1.71. The van der Waals surface area contributed by atoms with E-state index < -0.39 is 28.9 Å². The van der Waals surface area contributed by atoms with Crippen molar-refractivity contribution in [3.05, 3.63) is 64.7 Å². The molecule has 1 amide bonds. The van der Waals surface area contributed by atoms with Crippen LogP contribution in [0, 0.1) is 5.92 Å². The molecule has 2 heterocycles. The number of rotatable bonds is 5. The molecular weight excluding hydrogens is 521 g/mol. The van der Waals surface area contributed by atoms with Crippen molar-refractivity contribution in [2.45, 2.75) is 73.9 Å². The number of hydrogen-bond donors (Lipinski definition) is 2. The van der Waals surface area contributed by atoms with Gasteiger partial charge in [-0.25, -0.2) is 0 Å². The van der Waals surface area contributed by atoms with Crippen LogP contribution in [0.4, 0.5) is 13.2 Å². The summed E-state index contributed by atoms with van der Waals surface area (Å²) in [4.78, 5) is 17.4. The van der Waals surface area contributed by atoms with Crippen LogP contribution < -0.4 is 4.74 Å². The van der Waals surface area contributed by atoms with Crippen LogP contribution in [-0.2, 0) is 22.8 Å². The van der Waals surface area contributed by atoms with Crippen molar-refractivity contribution in [3.63, 3.8) is 0 Å². The number of hydrogen-bond acceptors (Lipinski definition) is 5. The third-order valence-electron chi connectivity index (χ3n) is 10.2. The Morgan fingerprint density at radius 1 is 1.15 bits per heavy atom. The molecule has 2 bridgehead atoms. The fourth-order valence-corrected chi connectivity index (χ4v) is 8.08. The van der Waals surface area contributed by atoms with Gasteiger partial charge in [0.2, 0.25) is 5.91 Å². The summed E-state index contributed by atoms with van der Waals surface area (Å²) in [5.41, 5.74) is -0.00276. The number of likely N-dealkylation sites (N-methyl/N-ethyl adjacent to an activating group) is 1. The number of phenolic OH excluding ortho intramolecular Hbond substituents is 1. The van der Waals surface area contributed by atoms with Gasteiger partial charge < -0.3 is 19.8 Å². The average molecular weight is 555 g/mol. The number of aromatic hydroxyl groups is 1. The maximum absolute atomic E-state index is 13.3. The molecule has 0 radical (unpaired) electrons. The smallest absolute Gasteiger partial charge is 0.416 e. The number of piperidine rings is 1. The number of alkyl halides is 3. The zero-order valence-corrected chi connectivity index (χ0v) is 22.3. The van der Waals surface area contributed by atoms with E-state index in [2.05, 4.69) is 4.90 Å². The maximum atomic E-state index is 13.3. The van der Waals surface area contributed by atoms with Gasteiger partial charge in [-0.2, -0.15) is 13.2 Å². The highest BCUT2D eigenvalue weighted by atomic mass is 19.4. The van der Waals surface area contributed by atoms with Crippen LogP contribution >= 0.6 is 0 Å². The first-order valence-electron chi connectivity index (χ1n) is 14.1. The lowest BCUT2D eigenvalue weighted by Gasteiger charge is -2.64. The van der Waals surface area contributed by atoms with Crippen LogP contribution in [0.25, 0.3) is 6.08 Å². The van der Waals surface area contributed by atoms with Crippen molar-refractivity contribution in [2.75, 3.05) is 20.1 Å². The summed E-state index contributed by atoms with van der Waals surface area (Å²) in [5, 5.41) is 23.4. The molecule has 1 saturated heterocycles. The van der Waals surface area contributed by atoms with Crippen LogP contribution in [0.15, 0.2) is 42.5 Å².